The Kier molecular flexibility index (Phi) is 14.7. The van der Waals surface area contributed by atoms with Gasteiger partial charge >= 0.3 is 59.1 Å². The first-order valence-corrected chi connectivity index (χ1v) is 15.1. The second-order valence-electron chi connectivity index (χ2n) is 8.20. The molecular weight excluding hydrogens is 596 g/mol. The average Bonchev–Trinajstić information content (AvgIpc) is 2.71. The van der Waals surface area contributed by atoms with Gasteiger partial charge in [0, 0.05) is 17.4 Å². The van der Waals surface area contributed by atoms with E-state index in [9.17, 15) is 34.4 Å². The van der Waals surface area contributed by atoms with E-state index in [1.807, 2.05) is 13.8 Å². The maximum atomic E-state index is 12.1. The third-order valence-electron chi connectivity index (χ3n) is 4.57. The standard InChI is InChI=1S/C21H27N3O8S4.2Na/c1-13(2)22-21(33)23-17-9-7-15(19(11-17)35(27,28)29)5-6-16-8-10-18(12-20(16)36(30,31)32)24-34(25,26)14(3)4;;/h5-14,24H,1-4H3,(H2,22,23,33)(H,27,28,29)(H,30,31,32);;/q;2*+1/p-2/b6-5+;;. The van der Waals surface area contributed by atoms with Gasteiger partial charge in [0.25, 0.3) is 0 Å². The van der Waals surface area contributed by atoms with Gasteiger partial charge in [-0.15, -0.1) is 0 Å². The van der Waals surface area contributed by atoms with Gasteiger partial charge in [0.1, 0.15) is 20.2 Å². The van der Waals surface area contributed by atoms with Gasteiger partial charge in [-0.2, -0.15) is 0 Å². The van der Waals surface area contributed by atoms with Crippen LogP contribution >= 0.6 is 12.2 Å². The number of benzene rings is 2. The summed E-state index contributed by atoms with van der Waals surface area (Å²) in [4.78, 5) is -1.35. The van der Waals surface area contributed by atoms with E-state index in [0.29, 0.717) is 0 Å². The van der Waals surface area contributed by atoms with Gasteiger partial charge in [-0.1, -0.05) is 24.3 Å². The molecule has 0 amide bonds. The molecule has 0 unspecified atom stereocenters. The Bertz CT molecular complexity index is 1510. The Morgan fingerprint density at radius 2 is 1.21 bits per heavy atom. The van der Waals surface area contributed by atoms with Crippen molar-refractivity contribution < 1.29 is 93.5 Å². The van der Waals surface area contributed by atoms with Gasteiger partial charge in [-0.25, -0.2) is 25.3 Å². The minimum atomic E-state index is -5.05. The summed E-state index contributed by atoms with van der Waals surface area (Å²) in [5.74, 6) is 0. The van der Waals surface area contributed by atoms with Crippen LogP contribution in [0.25, 0.3) is 12.2 Å². The molecule has 0 heterocycles. The summed E-state index contributed by atoms with van der Waals surface area (Å²) < 4.78 is 97.4. The predicted molar refractivity (Wildman–Crippen MR) is 140 cm³/mol. The molecule has 0 aliphatic rings. The van der Waals surface area contributed by atoms with Crippen LogP contribution in [0, 0.1) is 0 Å². The van der Waals surface area contributed by atoms with Gasteiger partial charge in [0.15, 0.2) is 5.11 Å². The molecule has 198 valence electrons. The van der Waals surface area contributed by atoms with Crippen LogP contribution in [0.4, 0.5) is 11.4 Å². The van der Waals surface area contributed by atoms with Crippen LogP contribution in [0.2, 0.25) is 0 Å². The maximum Gasteiger partial charge on any atom is 1.00 e. The van der Waals surface area contributed by atoms with E-state index in [-0.39, 0.29) is 92.8 Å². The van der Waals surface area contributed by atoms with Crippen molar-refractivity contribution in [2.24, 2.45) is 0 Å². The molecule has 3 N–H and O–H groups in total. The second-order valence-corrected chi connectivity index (χ2v) is 13.5. The summed E-state index contributed by atoms with van der Waals surface area (Å²) in [6, 6.07) is 7.13. The summed E-state index contributed by atoms with van der Waals surface area (Å²) in [7, 11) is -13.8. The van der Waals surface area contributed by atoms with E-state index in [2.05, 4.69) is 15.4 Å². The van der Waals surface area contributed by atoms with Crippen LogP contribution in [0.3, 0.4) is 0 Å². The van der Waals surface area contributed by atoms with Crippen LogP contribution in [-0.2, 0) is 30.3 Å². The molecular formula is C21H25N3Na2O8S4. The Morgan fingerprint density at radius 3 is 1.61 bits per heavy atom. The van der Waals surface area contributed by atoms with E-state index in [1.54, 1.807) is 0 Å². The Balaban J connectivity index is 0.00000684. The molecule has 0 bridgehead atoms. The summed E-state index contributed by atoms with van der Waals surface area (Å²) in [6.07, 6.45) is 2.29. The topological polar surface area (TPSA) is 185 Å². The number of hydrogen-bond acceptors (Lipinski definition) is 9. The Morgan fingerprint density at radius 1 is 0.789 bits per heavy atom. The molecule has 0 radical (unpaired) electrons. The minimum Gasteiger partial charge on any atom is -0.744 e. The average molecular weight is 622 g/mol. The van der Waals surface area contributed by atoms with E-state index in [4.69, 9.17) is 12.2 Å². The molecule has 0 spiro atoms. The number of rotatable bonds is 9. The maximum absolute atomic E-state index is 12.1. The van der Waals surface area contributed by atoms with Crippen LogP contribution in [0.5, 0.6) is 0 Å². The Hall–Kier alpha value is -0.560. The van der Waals surface area contributed by atoms with Gasteiger partial charge in [-0.3, -0.25) is 4.72 Å². The van der Waals surface area contributed by atoms with E-state index in [1.165, 1.54) is 38.1 Å². The van der Waals surface area contributed by atoms with Crippen LogP contribution in [0.1, 0.15) is 38.8 Å². The third-order valence-corrected chi connectivity index (χ3v) is 8.33. The van der Waals surface area contributed by atoms with Gasteiger partial charge in [0.2, 0.25) is 10.0 Å². The van der Waals surface area contributed by atoms with Crippen LogP contribution in [-0.4, -0.2) is 50.8 Å². The molecule has 2 rings (SSSR count). The van der Waals surface area contributed by atoms with Gasteiger partial charge in [-0.05, 0) is 75.3 Å². The van der Waals surface area contributed by atoms with E-state index >= 15 is 0 Å². The summed E-state index contributed by atoms with van der Waals surface area (Å²) in [6.45, 7) is 6.53. The normalized spacial score (nSPS) is 12.1. The zero-order valence-corrected chi connectivity index (χ0v) is 28.9. The van der Waals surface area contributed by atoms with Crippen molar-refractivity contribution in [3.8, 4) is 0 Å². The van der Waals surface area contributed by atoms with Crippen molar-refractivity contribution in [1.29, 1.82) is 0 Å². The minimum absolute atomic E-state index is 0. The van der Waals surface area contributed by atoms with Crippen molar-refractivity contribution in [2.75, 3.05) is 10.0 Å². The number of nitrogens with one attached hydrogen (secondary N) is 3. The number of anilines is 2. The predicted octanol–water partition coefficient (Wildman–Crippen LogP) is -3.48. The van der Waals surface area contributed by atoms with Crippen molar-refractivity contribution in [1.82, 2.24) is 5.32 Å². The Labute approximate surface area is 273 Å². The molecule has 11 nitrogen and oxygen atoms in total. The number of sulfonamides is 1. The molecule has 0 saturated heterocycles. The van der Waals surface area contributed by atoms with Crippen molar-refractivity contribution in [3.05, 3.63) is 47.5 Å². The molecule has 0 aromatic heterocycles. The molecule has 0 aliphatic heterocycles. The van der Waals surface area contributed by atoms with Gasteiger partial charge in [0.05, 0.1) is 15.0 Å². The monoisotopic (exact) mass is 621 g/mol. The van der Waals surface area contributed by atoms with E-state index in [0.717, 1.165) is 24.3 Å². The molecule has 0 fully saturated rings. The first-order valence-electron chi connectivity index (χ1n) is 10.4. The molecule has 2 aromatic rings. The number of thiocarbonyl (C=S) groups is 1. The smallest absolute Gasteiger partial charge is 0.744 e. The first kappa shape index (κ1) is 37.4. The molecule has 17 heteroatoms. The fourth-order valence-electron chi connectivity index (χ4n) is 2.81. The summed E-state index contributed by atoms with van der Waals surface area (Å²) in [5.41, 5.74) is -0.128. The zero-order valence-electron chi connectivity index (χ0n) is 21.7. The molecule has 0 aliphatic carbocycles. The van der Waals surface area contributed by atoms with Crippen LogP contribution < -0.4 is 74.5 Å². The molecule has 38 heavy (non-hydrogen) atoms. The van der Waals surface area contributed by atoms with E-state index < -0.39 is 45.3 Å². The van der Waals surface area contributed by atoms with Crippen LogP contribution in [0.15, 0.2) is 46.2 Å². The first-order chi connectivity index (χ1) is 16.4. The summed E-state index contributed by atoms with van der Waals surface area (Å²) in [5, 5.41) is 5.06. The fourth-order valence-corrected chi connectivity index (χ4v) is 5.25. The fraction of sp³-hybridized carbons (Fsp3) is 0.286. The largest absolute Gasteiger partial charge is 1.00 e. The van der Waals surface area contributed by atoms with Crippen molar-refractivity contribution in [3.63, 3.8) is 0 Å². The second kappa shape index (κ2) is 14.9. The third kappa shape index (κ3) is 11.1. The number of hydrogen-bond donors (Lipinski definition) is 3. The zero-order chi connectivity index (χ0) is 27.5. The van der Waals surface area contributed by atoms with Crippen molar-refractivity contribution in [2.45, 2.75) is 48.8 Å². The van der Waals surface area contributed by atoms with Gasteiger partial charge < -0.3 is 19.7 Å². The summed E-state index contributed by atoms with van der Waals surface area (Å²) >= 11 is 5.11. The molecule has 2 aromatic carbocycles. The van der Waals surface area contributed by atoms with Crippen molar-refractivity contribution >= 4 is 71.1 Å². The molecule has 0 saturated carbocycles. The molecule has 0 atom stereocenters. The SMILES string of the molecule is CC(C)NC(=S)Nc1ccc(/C=C/c2ccc(NS(=O)(=O)C(C)C)cc2S(=O)(=O)[O-])c(S(=O)(=O)[O-])c1.[Na+].[Na+]. The quantitative estimate of drug-likeness (QED) is 0.109.